The van der Waals surface area contributed by atoms with Crippen molar-refractivity contribution in [2.75, 3.05) is 10.6 Å². The Morgan fingerprint density at radius 1 is 0.750 bits per heavy atom. The zero-order valence-corrected chi connectivity index (χ0v) is 17.0. The number of carbonyl (C=O) groups is 2. The van der Waals surface area contributed by atoms with Gasteiger partial charge < -0.3 is 10.6 Å². The minimum atomic E-state index is -0.558. The molecule has 3 rings (SSSR count). The molecule has 3 aromatic rings. The van der Waals surface area contributed by atoms with Gasteiger partial charge in [0.05, 0.1) is 26.9 Å². The number of carbonyl (C=O) groups excluding carboxylic acids is 2. The van der Waals surface area contributed by atoms with Gasteiger partial charge in [0.2, 0.25) is 0 Å². The van der Waals surface area contributed by atoms with E-state index in [0.717, 1.165) is 0 Å². The Hall–Kier alpha value is -2.31. The van der Waals surface area contributed by atoms with E-state index in [4.69, 9.17) is 46.4 Å². The number of aromatic nitrogens is 1. The molecule has 0 aliphatic heterocycles. The van der Waals surface area contributed by atoms with Crippen LogP contribution in [0.2, 0.25) is 20.1 Å². The molecule has 2 aromatic carbocycles. The first-order valence-electron chi connectivity index (χ1n) is 7.83. The molecule has 5 nitrogen and oxygen atoms in total. The van der Waals surface area contributed by atoms with Gasteiger partial charge in [-0.3, -0.25) is 9.59 Å². The SMILES string of the molecule is O=C(Nc1c(Cl)cc(Cl)cc1C(=O)Nc1ccccn1)c1ccc(Cl)cc1Cl. The molecule has 0 fully saturated rings. The Morgan fingerprint density at radius 3 is 2.14 bits per heavy atom. The van der Waals surface area contributed by atoms with Crippen LogP contribution in [0.1, 0.15) is 20.7 Å². The van der Waals surface area contributed by atoms with Crippen molar-refractivity contribution >= 4 is 69.7 Å². The van der Waals surface area contributed by atoms with Crippen molar-refractivity contribution < 1.29 is 9.59 Å². The lowest BCUT2D eigenvalue weighted by Crippen LogP contribution is -2.19. The first-order chi connectivity index (χ1) is 13.3. The van der Waals surface area contributed by atoms with Crippen molar-refractivity contribution in [1.29, 1.82) is 0 Å². The predicted octanol–water partition coefficient (Wildman–Crippen LogP) is 6.20. The summed E-state index contributed by atoms with van der Waals surface area (Å²) in [5, 5.41) is 6.12. The van der Waals surface area contributed by atoms with Gasteiger partial charge in [-0.2, -0.15) is 0 Å². The maximum atomic E-state index is 12.7. The van der Waals surface area contributed by atoms with Crippen LogP contribution in [0.25, 0.3) is 0 Å². The Kier molecular flexibility index (Phi) is 6.42. The number of pyridine rings is 1. The lowest BCUT2D eigenvalue weighted by molar-refractivity contribution is 0.102. The van der Waals surface area contributed by atoms with Crippen molar-refractivity contribution in [3.05, 3.63) is 85.9 Å². The summed E-state index contributed by atoms with van der Waals surface area (Å²) >= 11 is 24.2. The Bertz CT molecular complexity index is 1060. The fourth-order valence-electron chi connectivity index (χ4n) is 2.35. The lowest BCUT2D eigenvalue weighted by Gasteiger charge is -2.14. The highest BCUT2D eigenvalue weighted by atomic mass is 35.5. The molecule has 0 atom stereocenters. The third-order valence-corrected chi connectivity index (χ3v) is 4.68. The molecule has 0 bridgehead atoms. The molecule has 2 N–H and O–H groups in total. The van der Waals surface area contributed by atoms with Gasteiger partial charge >= 0.3 is 0 Å². The number of benzene rings is 2. The minimum absolute atomic E-state index is 0.0709. The maximum absolute atomic E-state index is 12.7. The van der Waals surface area contributed by atoms with Crippen molar-refractivity contribution in [2.24, 2.45) is 0 Å². The number of rotatable bonds is 4. The van der Waals surface area contributed by atoms with Crippen molar-refractivity contribution in [2.45, 2.75) is 0 Å². The highest BCUT2D eigenvalue weighted by Crippen LogP contribution is 2.32. The second kappa shape index (κ2) is 8.80. The fraction of sp³-hybridized carbons (Fsp3) is 0. The largest absolute Gasteiger partial charge is 0.320 e. The molecule has 0 aliphatic rings. The van der Waals surface area contributed by atoms with Crippen LogP contribution in [0.5, 0.6) is 0 Å². The molecule has 0 spiro atoms. The normalized spacial score (nSPS) is 10.4. The summed E-state index contributed by atoms with van der Waals surface area (Å²) in [5.41, 5.74) is 0.338. The molecule has 28 heavy (non-hydrogen) atoms. The fourth-order valence-corrected chi connectivity index (χ4v) is 3.39. The van der Waals surface area contributed by atoms with Crippen LogP contribution in [-0.4, -0.2) is 16.8 Å². The summed E-state index contributed by atoms with van der Waals surface area (Å²) in [7, 11) is 0. The van der Waals surface area contributed by atoms with E-state index in [1.165, 1.54) is 36.5 Å². The summed E-state index contributed by atoms with van der Waals surface area (Å²) in [6.07, 6.45) is 1.53. The number of nitrogens with zero attached hydrogens (tertiary/aromatic N) is 1. The van der Waals surface area contributed by atoms with E-state index in [2.05, 4.69) is 15.6 Å². The van der Waals surface area contributed by atoms with E-state index in [1.54, 1.807) is 18.2 Å². The Labute approximate surface area is 180 Å². The van der Waals surface area contributed by atoms with Gasteiger partial charge in [-0.05, 0) is 42.5 Å². The summed E-state index contributed by atoms with van der Waals surface area (Å²) in [4.78, 5) is 29.4. The van der Waals surface area contributed by atoms with Gasteiger partial charge in [0.15, 0.2) is 0 Å². The molecule has 1 heterocycles. The highest BCUT2D eigenvalue weighted by molar-refractivity contribution is 6.39. The number of anilines is 2. The van der Waals surface area contributed by atoms with Gasteiger partial charge in [0.1, 0.15) is 5.82 Å². The predicted molar refractivity (Wildman–Crippen MR) is 113 cm³/mol. The van der Waals surface area contributed by atoms with E-state index in [1.807, 2.05) is 0 Å². The van der Waals surface area contributed by atoms with Crippen LogP contribution in [0.3, 0.4) is 0 Å². The number of nitrogens with one attached hydrogen (secondary N) is 2. The smallest absolute Gasteiger partial charge is 0.259 e. The van der Waals surface area contributed by atoms with E-state index in [9.17, 15) is 9.59 Å². The van der Waals surface area contributed by atoms with Crippen LogP contribution in [0.4, 0.5) is 11.5 Å². The summed E-state index contributed by atoms with van der Waals surface area (Å²) in [5.74, 6) is -0.764. The number of hydrogen-bond acceptors (Lipinski definition) is 3. The molecule has 1 aromatic heterocycles. The average molecular weight is 455 g/mol. The van der Waals surface area contributed by atoms with Crippen molar-refractivity contribution in [1.82, 2.24) is 4.98 Å². The van der Waals surface area contributed by atoms with Gasteiger partial charge in [-0.15, -0.1) is 0 Å². The molecule has 9 heteroatoms. The topological polar surface area (TPSA) is 71.1 Å². The van der Waals surface area contributed by atoms with E-state index in [-0.39, 0.29) is 31.9 Å². The number of hydrogen-bond donors (Lipinski definition) is 2. The van der Waals surface area contributed by atoms with Gasteiger partial charge in [0, 0.05) is 16.2 Å². The molecule has 0 unspecified atom stereocenters. The maximum Gasteiger partial charge on any atom is 0.259 e. The Balaban J connectivity index is 1.94. The first kappa shape index (κ1) is 20.4. The second-order valence-corrected chi connectivity index (χ2v) is 7.24. The average Bonchev–Trinajstić information content (AvgIpc) is 2.64. The van der Waals surface area contributed by atoms with E-state index >= 15 is 0 Å². The first-order valence-corrected chi connectivity index (χ1v) is 9.34. The summed E-state index contributed by atoms with van der Waals surface area (Å²) < 4.78 is 0. The number of amides is 2. The Morgan fingerprint density at radius 2 is 1.46 bits per heavy atom. The van der Waals surface area contributed by atoms with Crippen LogP contribution in [-0.2, 0) is 0 Å². The van der Waals surface area contributed by atoms with Gasteiger partial charge in [0.25, 0.3) is 11.8 Å². The van der Waals surface area contributed by atoms with Crippen LogP contribution in [0, 0.1) is 0 Å². The molecular formula is C19H11Cl4N3O2. The van der Waals surface area contributed by atoms with Crippen molar-refractivity contribution in [3.8, 4) is 0 Å². The molecule has 0 saturated heterocycles. The second-order valence-electron chi connectivity index (χ2n) is 5.56. The molecule has 142 valence electrons. The van der Waals surface area contributed by atoms with Gasteiger partial charge in [-0.25, -0.2) is 4.98 Å². The lowest BCUT2D eigenvalue weighted by atomic mass is 10.1. The minimum Gasteiger partial charge on any atom is -0.320 e. The molecule has 2 amide bonds. The van der Waals surface area contributed by atoms with Crippen LogP contribution in [0.15, 0.2) is 54.7 Å². The van der Waals surface area contributed by atoms with Crippen molar-refractivity contribution in [3.63, 3.8) is 0 Å². The summed E-state index contributed by atoms with van der Waals surface area (Å²) in [6, 6.07) is 12.3. The molecular weight excluding hydrogens is 444 g/mol. The molecule has 0 saturated carbocycles. The van der Waals surface area contributed by atoms with Gasteiger partial charge in [-0.1, -0.05) is 52.5 Å². The number of halogens is 4. The van der Waals surface area contributed by atoms with E-state index < -0.39 is 11.8 Å². The standard InChI is InChI=1S/C19H11Cl4N3O2/c20-10-4-5-12(14(22)8-10)18(27)26-17-13(7-11(21)9-15(17)23)19(28)25-16-3-1-2-6-24-16/h1-9H,(H,26,27)(H,24,25,28). The zero-order valence-electron chi connectivity index (χ0n) is 14.0. The zero-order chi connectivity index (χ0) is 20.3. The molecule has 0 aliphatic carbocycles. The third-order valence-electron chi connectivity index (χ3n) is 3.62. The van der Waals surface area contributed by atoms with E-state index in [0.29, 0.717) is 10.8 Å². The summed E-state index contributed by atoms with van der Waals surface area (Å²) in [6.45, 7) is 0. The quantitative estimate of drug-likeness (QED) is 0.492. The molecule has 0 radical (unpaired) electrons. The monoisotopic (exact) mass is 453 g/mol. The van der Waals surface area contributed by atoms with Crippen LogP contribution < -0.4 is 10.6 Å². The van der Waals surface area contributed by atoms with Crippen LogP contribution >= 0.6 is 46.4 Å². The third kappa shape index (κ3) is 4.75. The highest BCUT2D eigenvalue weighted by Gasteiger charge is 2.20.